The van der Waals surface area contributed by atoms with Gasteiger partial charge in [-0.25, -0.2) is 4.79 Å². The second-order valence-corrected chi connectivity index (χ2v) is 6.32. The van der Waals surface area contributed by atoms with Crippen LogP contribution in [0, 0.1) is 19.8 Å². The van der Waals surface area contributed by atoms with Crippen LogP contribution in [0.2, 0.25) is 0 Å². The Morgan fingerprint density at radius 2 is 2.11 bits per heavy atom. The standard InChI is InChI=1S/C14H23NO2S/c1-6-17-14(16)13(15-8-9(2)3)12-7-10(4)18-11(12)5/h7,9,13,15H,6,8H2,1-5H3. The molecule has 1 unspecified atom stereocenters. The summed E-state index contributed by atoms with van der Waals surface area (Å²) < 4.78 is 5.16. The van der Waals surface area contributed by atoms with Crippen molar-refractivity contribution < 1.29 is 9.53 Å². The van der Waals surface area contributed by atoms with Crippen molar-refractivity contribution in [3.63, 3.8) is 0 Å². The van der Waals surface area contributed by atoms with Crippen LogP contribution in [0.25, 0.3) is 0 Å². The van der Waals surface area contributed by atoms with Crippen molar-refractivity contribution in [3.8, 4) is 0 Å². The zero-order chi connectivity index (χ0) is 13.7. The highest BCUT2D eigenvalue weighted by molar-refractivity contribution is 7.12. The topological polar surface area (TPSA) is 38.3 Å². The van der Waals surface area contributed by atoms with Crippen molar-refractivity contribution in [3.05, 3.63) is 21.4 Å². The van der Waals surface area contributed by atoms with E-state index in [1.54, 1.807) is 11.3 Å². The van der Waals surface area contributed by atoms with E-state index in [0.717, 1.165) is 12.1 Å². The Morgan fingerprint density at radius 3 is 2.56 bits per heavy atom. The maximum atomic E-state index is 12.0. The van der Waals surface area contributed by atoms with Crippen molar-refractivity contribution in [1.29, 1.82) is 0 Å². The first-order chi connectivity index (χ1) is 8.45. The van der Waals surface area contributed by atoms with Crippen LogP contribution < -0.4 is 5.32 Å². The molecule has 0 aliphatic carbocycles. The molecule has 102 valence electrons. The molecule has 1 rings (SSSR count). The smallest absolute Gasteiger partial charge is 0.327 e. The van der Waals surface area contributed by atoms with Gasteiger partial charge in [0.1, 0.15) is 6.04 Å². The van der Waals surface area contributed by atoms with Gasteiger partial charge in [0.05, 0.1) is 6.61 Å². The van der Waals surface area contributed by atoms with Crippen LogP contribution in [0.5, 0.6) is 0 Å². The lowest BCUT2D eigenvalue weighted by Gasteiger charge is -2.18. The molecular formula is C14H23NO2S. The van der Waals surface area contributed by atoms with E-state index in [0.29, 0.717) is 12.5 Å². The summed E-state index contributed by atoms with van der Waals surface area (Å²) >= 11 is 1.72. The summed E-state index contributed by atoms with van der Waals surface area (Å²) in [6.45, 7) is 11.4. The van der Waals surface area contributed by atoms with Gasteiger partial charge >= 0.3 is 5.97 Å². The van der Waals surface area contributed by atoms with Gasteiger partial charge in [-0.1, -0.05) is 13.8 Å². The molecule has 0 aromatic carbocycles. The van der Waals surface area contributed by atoms with Gasteiger partial charge in [0.15, 0.2) is 0 Å². The lowest BCUT2D eigenvalue weighted by molar-refractivity contribution is -0.145. The molecule has 0 aliphatic rings. The molecule has 4 heteroatoms. The largest absolute Gasteiger partial charge is 0.465 e. The number of hydrogen-bond donors (Lipinski definition) is 1. The Labute approximate surface area is 114 Å². The van der Waals surface area contributed by atoms with E-state index < -0.39 is 0 Å². The van der Waals surface area contributed by atoms with Crippen molar-refractivity contribution >= 4 is 17.3 Å². The zero-order valence-electron chi connectivity index (χ0n) is 11.9. The minimum atomic E-state index is -0.336. The molecule has 0 radical (unpaired) electrons. The highest BCUT2D eigenvalue weighted by atomic mass is 32.1. The number of thiophene rings is 1. The zero-order valence-corrected chi connectivity index (χ0v) is 12.7. The average molecular weight is 269 g/mol. The Balaban J connectivity index is 2.89. The van der Waals surface area contributed by atoms with Gasteiger partial charge in [-0.2, -0.15) is 0 Å². The quantitative estimate of drug-likeness (QED) is 0.806. The molecule has 0 saturated heterocycles. The first-order valence-electron chi connectivity index (χ1n) is 6.42. The maximum Gasteiger partial charge on any atom is 0.327 e. The molecule has 18 heavy (non-hydrogen) atoms. The number of carbonyl (C=O) groups is 1. The molecule has 0 saturated carbocycles. The van der Waals surface area contributed by atoms with Gasteiger partial charge in [-0.05, 0) is 44.9 Å². The Hall–Kier alpha value is -0.870. The van der Waals surface area contributed by atoms with E-state index in [2.05, 4.69) is 39.1 Å². The fourth-order valence-electron chi connectivity index (χ4n) is 1.84. The monoisotopic (exact) mass is 269 g/mol. The Morgan fingerprint density at radius 1 is 1.44 bits per heavy atom. The molecule has 0 spiro atoms. The molecule has 3 nitrogen and oxygen atoms in total. The van der Waals surface area contributed by atoms with E-state index in [-0.39, 0.29) is 12.0 Å². The van der Waals surface area contributed by atoms with Crippen molar-refractivity contribution in [2.75, 3.05) is 13.2 Å². The van der Waals surface area contributed by atoms with E-state index in [1.807, 2.05) is 6.92 Å². The SMILES string of the molecule is CCOC(=O)C(NCC(C)C)c1cc(C)sc1C. The Kier molecular flexibility index (Phi) is 5.82. The fraction of sp³-hybridized carbons (Fsp3) is 0.643. The normalized spacial score (nSPS) is 12.8. The number of nitrogens with one attached hydrogen (secondary N) is 1. The van der Waals surface area contributed by atoms with Crippen LogP contribution in [0.4, 0.5) is 0 Å². The van der Waals surface area contributed by atoms with Crippen LogP contribution in [-0.2, 0) is 9.53 Å². The van der Waals surface area contributed by atoms with Gasteiger partial charge in [0.2, 0.25) is 0 Å². The lowest BCUT2D eigenvalue weighted by atomic mass is 10.1. The maximum absolute atomic E-state index is 12.0. The fourth-order valence-corrected chi connectivity index (χ4v) is 2.80. The highest BCUT2D eigenvalue weighted by Gasteiger charge is 2.24. The van der Waals surface area contributed by atoms with Crippen LogP contribution in [0.15, 0.2) is 6.07 Å². The molecule has 1 atom stereocenters. The average Bonchev–Trinajstić information content (AvgIpc) is 2.58. The molecule has 1 N–H and O–H groups in total. The first-order valence-corrected chi connectivity index (χ1v) is 7.24. The van der Waals surface area contributed by atoms with E-state index >= 15 is 0 Å². The van der Waals surface area contributed by atoms with Gasteiger partial charge < -0.3 is 10.1 Å². The van der Waals surface area contributed by atoms with Gasteiger partial charge in [-0.15, -0.1) is 11.3 Å². The third kappa shape index (κ3) is 4.10. The second-order valence-electron chi connectivity index (χ2n) is 4.86. The number of aryl methyl sites for hydroxylation is 2. The van der Waals surface area contributed by atoms with Crippen LogP contribution in [0.1, 0.15) is 42.1 Å². The minimum Gasteiger partial charge on any atom is -0.465 e. The molecule has 0 aliphatic heterocycles. The summed E-state index contributed by atoms with van der Waals surface area (Å²) in [6.07, 6.45) is 0. The molecule has 0 amide bonds. The predicted molar refractivity (Wildman–Crippen MR) is 76.0 cm³/mol. The summed E-state index contributed by atoms with van der Waals surface area (Å²) in [7, 11) is 0. The number of esters is 1. The Bertz CT molecular complexity index is 398. The highest BCUT2D eigenvalue weighted by Crippen LogP contribution is 2.27. The lowest BCUT2D eigenvalue weighted by Crippen LogP contribution is -2.32. The van der Waals surface area contributed by atoms with E-state index in [9.17, 15) is 4.79 Å². The molecule has 1 heterocycles. The first kappa shape index (κ1) is 15.2. The molecule has 1 aromatic heterocycles. The van der Waals surface area contributed by atoms with E-state index in [4.69, 9.17) is 4.74 Å². The van der Waals surface area contributed by atoms with Gasteiger partial charge in [0, 0.05) is 9.75 Å². The van der Waals surface area contributed by atoms with Crippen LogP contribution in [-0.4, -0.2) is 19.1 Å². The van der Waals surface area contributed by atoms with Crippen molar-refractivity contribution in [1.82, 2.24) is 5.32 Å². The summed E-state index contributed by atoms with van der Waals surface area (Å²) in [5.41, 5.74) is 1.05. The molecular weight excluding hydrogens is 246 g/mol. The molecule has 1 aromatic rings. The third-order valence-electron chi connectivity index (χ3n) is 2.64. The second kappa shape index (κ2) is 6.90. The van der Waals surface area contributed by atoms with Crippen molar-refractivity contribution in [2.45, 2.75) is 40.7 Å². The third-order valence-corrected chi connectivity index (χ3v) is 3.62. The molecule has 0 fully saturated rings. The number of ether oxygens (including phenoxy) is 1. The molecule has 0 bridgehead atoms. The van der Waals surface area contributed by atoms with Crippen LogP contribution >= 0.6 is 11.3 Å². The van der Waals surface area contributed by atoms with Crippen LogP contribution in [0.3, 0.4) is 0 Å². The minimum absolute atomic E-state index is 0.181. The number of rotatable bonds is 6. The van der Waals surface area contributed by atoms with E-state index in [1.165, 1.54) is 9.75 Å². The van der Waals surface area contributed by atoms with Gasteiger partial charge in [-0.3, -0.25) is 0 Å². The summed E-state index contributed by atoms with van der Waals surface area (Å²) in [5.74, 6) is 0.320. The van der Waals surface area contributed by atoms with Gasteiger partial charge in [0.25, 0.3) is 0 Å². The summed E-state index contributed by atoms with van der Waals surface area (Å²) in [5, 5.41) is 3.31. The number of carbonyl (C=O) groups excluding carboxylic acids is 1. The predicted octanol–water partition coefficient (Wildman–Crippen LogP) is 3.21. The summed E-state index contributed by atoms with van der Waals surface area (Å²) in [4.78, 5) is 14.4. The summed E-state index contributed by atoms with van der Waals surface area (Å²) in [6, 6.07) is 1.74. The number of hydrogen-bond acceptors (Lipinski definition) is 4. The van der Waals surface area contributed by atoms with Crippen molar-refractivity contribution in [2.24, 2.45) is 5.92 Å².